The van der Waals surface area contributed by atoms with Crippen molar-refractivity contribution in [3.05, 3.63) is 49.1 Å². The van der Waals surface area contributed by atoms with Crippen LogP contribution >= 0.6 is 0 Å². The third-order valence-corrected chi connectivity index (χ3v) is 6.79. The maximum absolute atomic E-state index is 12.3. The van der Waals surface area contributed by atoms with Crippen LogP contribution in [0.4, 0.5) is 5.82 Å². The van der Waals surface area contributed by atoms with E-state index in [1.165, 1.54) is 6.33 Å². The van der Waals surface area contributed by atoms with E-state index in [1.807, 2.05) is 35.0 Å². The first-order valence-electron chi connectivity index (χ1n) is 11.9. The molecule has 11 nitrogen and oxygen atoms in total. The van der Waals surface area contributed by atoms with Crippen molar-refractivity contribution in [2.24, 2.45) is 0 Å². The molecular weight excluding hydrogens is 458 g/mol. The Balaban J connectivity index is 1.49. The Morgan fingerprint density at radius 2 is 1.94 bits per heavy atom. The molecule has 1 aromatic carbocycles. The number of nitrogen functional groups attached to an aromatic ring is 1. The molecule has 36 heavy (non-hydrogen) atoms. The van der Waals surface area contributed by atoms with Crippen LogP contribution in [0, 0.1) is 0 Å². The van der Waals surface area contributed by atoms with E-state index in [0.717, 1.165) is 65.0 Å². The summed E-state index contributed by atoms with van der Waals surface area (Å²) in [5.41, 5.74) is 11.7. The molecule has 0 spiro atoms. The van der Waals surface area contributed by atoms with Crippen LogP contribution < -0.4 is 5.73 Å². The van der Waals surface area contributed by atoms with Crippen molar-refractivity contribution in [2.45, 2.75) is 25.4 Å². The summed E-state index contributed by atoms with van der Waals surface area (Å²) in [7, 11) is 3.48. The lowest BCUT2D eigenvalue weighted by atomic mass is 10.1. The van der Waals surface area contributed by atoms with Gasteiger partial charge in [0.15, 0.2) is 5.82 Å². The summed E-state index contributed by atoms with van der Waals surface area (Å²) in [5.74, 6) is 0.372. The number of likely N-dealkylation sites (N-methyl/N-ethyl adjacent to an activating group) is 1. The van der Waals surface area contributed by atoms with Crippen molar-refractivity contribution in [3.8, 4) is 22.5 Å². The lowest BCUT2D eigenvalue weighted by Crippen LogP contribution is -2.26. The van der Waals surface area contributed by atoms with Crippen molar-refractivity contribution in [2.75, 3.05) is 33.0 Å². The zero-order valence-corrected chi connectivity index (χ0v) is 20.2. The SMILES string of the molecule is CN(C)C(=O)Cn1ncc2ccc(-c3cc(-c4ccnn4C4CCOCC4)c4c(N)ncnn34)cc21. The average Bonchev–Trinajstić information content (AvgIpc) is 3.62. The van der Waals surface area contributed by atoms with E-state index in [1.54, 1.807) is 29.9 Å². The van der Waals surface area contributed by atoms with E-state index in [0.29, 0.717) is 5.82 Å². The van der Waals surface area contributed by atoms with Crippen LogP contribution in [0.15, 0.2) is 49.1 Å². The summed E-state index contributed by atoms with van der Waals surface area (Å²) < 4.78 is 11.2. The second kappa shape index (κ2) is 8.76. The van der Waals surface area contributed by atoms with Gasteiger partial charge in [0.25, 0.3) is 0 Å². The van der Waals surface area contributed by atoms with Gasteiger partial charge in [-0.2, -0.15) is 15.3 Å². The van der Waals surface area contributed by atoms with Crippen LogP contribution in [0.1, 0.15) is 18.9 Å². The number of amides is 1. The lowest BCUT2D eigenvalue weighted by molar-refractivity contribution is -0.129. The fraction of sp³-hybridized carbons (Fsp3) is 0.320. The zero-order valence-electron chi connectivity index (χ0n) is 20.2. The van der Waals surface area contributed by atoms with Gasteiger partial charge in [-0.1, -0.05) is 12.1 Å². The van der Waals surface area contributed by atoms with Crippen molar-refractivity contribution in [3.63, 3.8) is 0 Å². The fourth-order valence-electron chi connectivity index (χ4n) is 4.84. The fourth-order valence-corrected chi connectivity index (χ4v) is 4.84. The van der Waals surface area contributed by atoms with Crippen molar-refractivity contribution >= 4 is 28.1 Å². The number of anilines is 1. The summed E-state index contributed by atoms with van der Waals surface area (Å²) >= 11 is 0. The van der Waals surface area contributed by atoms with Gasteiger partial charge in [-0.3, -0.25) is 14.2 Å². The summed E-state index contributed by atoms with van der Waals surface area (Å²) in [4.78, 5) is 18.2. The van der Waals surface area contributed by atoms with E-state index in [4.69, 9.17) is 10.5 Å². The third-order valence-electron chi connectivity index (χ3n) is 6.79. The van der Waals surface area contributed by atoms with Gasteiger partial charge >= 0.3 is 0 Å². The van der Waals surface area contributed by atoms with Gasteiger partial charge in [-0.05, 0) is 31.0 Å². The van der Waals surface area contributed by atoms with E-state index in [2.05, 4.69) is 31.0 Å². The number of hydrogen-bond donors (Lipinski definition) is 1. The number of nitrogens with zero attached hydrogens (tertiary/aromatic N) is 8. The highest BCUT2D eigenvalue weighted by molar-refractivity contribution is 5.92. The molecule has 184 valence electrons. The van der Waals surface area contributed by atoms with Crippen LogP contribution in [0.2, 0.25) is 0 Å². The lowest BCUT2D eigenvalue weighted by Gasteiger charge is -2.24. The molecule has 1 aliphatic heterocycles. The van der Waals surface area contributed by atoms with Gasteiger partial charge < -0.3 is 15.4 Å². The van der Waals surface area contributed by atoms with Gasteiger partial charge in [-0.25, -0.2) is 9.50 Å². The monoisotopic (exact) mass is 485 g/mol. The topological polar surface area (TPSA) is 121 Å². The average molecular weight is 486 g/mol. The molecule has 0 unspecified atom stereocenters. The van der Waals surface area contributed by atoms with Gasteiger partial charge in [0.2, 0.25) is 5.91 Å². The number of aromatic nitrogens is 7. The van der Waals surface area contributed by atoms with Crippen LogP contribution in [0.3, 0.4) is 0 Å². The summed E-state index contributed by atoms with van der Waals surface area (Å²) in [5, 5.41) is 14.6. The molecule has 5 heterocycles. The highest BCUT2D eigenvalue weighted by atomic mass is 16.5. The Labute approximate surface area is 207 Å². The smallest absolute Gasteiger partial charge is 0.243 e. The van der Waals surface area contributed by atoms with Crippen molar-refractivity contribution < 1.29 is 9.53 Å². The Kier molecular flexibility index (Phi) is 5.41. The highest BCUT2D eigenvalue weighted by Gasteiger charge is 2.24. The number of benzene rings is 1. The van der Waals surface area contributed by atoms with Crippen LogP contribution in [-0.2, 0) is 16.1 Å². The maximum Gasteiger partial charge on any atom is 0.243 e. The van der Waals surface area contributed by atoms with Crippen molar-refractivity contribution in [1.82, 2.24) is 39.1 Å². The molecule has 1 amide bonds. The Morgan fingerprint density at radius 1 is 1.11 bits per heavy atom. The molecule has 11 heteroatoms. The number of carbonyl (C=O) groups excluding carboxylic acids is 1. The summed E-state index contributed by atoms with van der Waals surface area (Å²) in [6.07, 6.45) is 6.87. The number of hydrogen-bond acceptors (Lipinski definition) is 7. The third kappa shape index (κ3) is 3.68. The molecule has 2 N–H and O–H groups in total. The first kappa shape index (κ1) is 22.2. The molecule has 1 saturated heterocycles. The van der Waals surface area contributed by atoms with Crippen LogP contribution in [0.25, 0.3) is 38.9 Å². The number of carbonyl (C=O) groups is 1. The van der Waals surface area contributed by atoms with Gasteiger partial charge in [0.1, 0.15) is 18.4 Å². The molecular formula is C25H27N9O2. The molecule has 0 atom stereocenters. The minimum Gasteiger partial charge on any atom is -0.382 e. The normalized spacial score (nSPS) is 14.6. The predicted octanol–water partition coefficient (Wildman–Crippen LogP) is 2.63. The molecule has 0 bridgehead atoms. The highest BCUT2D eigenvalue weighted by Crippen LogP contribution is 2.37. The molecule has 5 aromatic rings. The molecule has 1 fully saturated rings. The minimum absolute atomic E-state index is 0.0253. The molecule has 0 aliphatic carbocycles. The second-order valence-electron chi connectivity index (χ2n) is 9.22. The Hall–Kier alpha value is -4.25. The molecule has 4 aromatic heterocycles. The van der Waals surface area contributed by atoms with Crippen LogP contribution in [-0.4, -0.2) is 72.3 Å². The van der Waals surface area contributed by atoms with Gasteiger partial charge in [0, 0.05) is 50.0 Å². The zero-order chi connectivity index (χ0) is 24.8. The molecule has 6 rings (SSSR count). The van der Waals surface area contributed by atoms with E-state index >= 15 is 0 Å². The number of ether oxygens (including phenoxy) is 1. The largest absolute Gasteiger partial charge is 0.382 e. The minimum atomic E-state index is -0.0253. The van der Waals surface area contributed by atoms with Crippen LogP contribution in [0.5, 0.6) is 0 Å². The standard InChI is InChI=1S/C25H27N9O2/c1-31(2)23(35)14-32-21-11-16(3-4-17(21)13-29-32)22-12-19(24-25(26)27-15-30-34(22)24)20-5-8-28-33(20)18-6-9-36-10-7-18/h3-5,8,11-13,15,18H,6-7,9-10,14H2,1-2H3,(H2,26,27,30). The van der Waals surface area contributed by atoms with Gasteiger partial charge in [0.05, 0.1) is 29.1 Å². The van der Waals surface area contributed by atoms with E-state index in [-0.39, 0.29) is 18.5 Å². The van der Waals surface area contributed by atoms with E-state index in [9.17, 15) is 4.79 Å². The summed E-state index contributed by atoms with van der Waals surface area (Å²) in [6, 6.07) is 10.4. The Morgan fingerprint density at radius 3 is 2.75 bits per heavy atom. The first-order chi connectivity index (χ1) is 17.5. The second-order valence-corrected chi connectivity index (χ2v) is 9.22. The first-order valence-corrected chi connectivity index (χ1v) is 11.9. The molecule has 0 saturated carbocycles. The number of fused-ring (bicyclic) bond motifs is 2. The molecule has 1 aliphatic rings. The Bertz CT molecular complexity index is 1570. The number of rotatable bonds is 5. The van der Waals surface area contributed by atoms with Gasteiger partial charge in [-0.15, -0.1) is 0 Å². The summed E-state index contributed by atoms with van der Waals surface area (Å²) in [6.45, 7) is 1.61. The number of nitrogens with two attached hydrogens (primary N) is 1. The predicted molar refractivity (Wildman–Crippen MR) is 135 cm³/mol. The van der Waals surface area contributed by atoms with E-state index < -0.39 is 0 Å². The maximum atomic E-state index is 12.3. The molecule has 0 radical (unpaired) electrons. The van der Waals surface area contributed by atoms with Crippen molar-refractivity contribution in [1.29, 1.82) is 0 Å². The quantitative estimate of drug-likeness (QED) is 0.406.